The second kappa shape index (κ2) is 7.08. The molecule has 2 aromatic carbocycles. The zero-order valence-corrected chi connectivity index (χ0v) is 15.8. The molecule has 3 aromatic rings. The Morgan fingerprint density at radius 3 is 2.70 bits per heavy atom. The Bertz CT molecular complexity index is 1030. The Kier molecular flexibility index (Phi) is 4.62. The highest BCUT2D eigenvalue weighted by atomic mass is 35.5. The number of nitrogens with zero attached hydrogens (tertiary/aromatic N) is 3. The first-order valence-corrected chi connectivity index (χ1v) is 9.38. The van der Waals surface area contributed by atoms with E-state index in [2.05, 4.69) is 11.5 Å². The summed E-state index contributed by atoms with van der Waals surface area (Å²) in [5, 5.41) is 1.62. The number of piperazine rings is 1. The Labute approximate surface area is 162 Å². The molecule has 1 aromatic heterocycles. The highest BCUT2D eigenvalue weighted by molar-refractivity contribution is 6.30. The fourth-order valence-corrected chi connectivity index (χ4v) is 3.74. The third-order valence-corrected chi connectivity index (χ3v) is 5.22. The largest absolute Gasteiger partial charge is 0.348 e. The monoisotopic (exact) mass is 381 g/mol. The molecule has 0 unspecified atom stereocenters. The summed E-state index contributed by atoms with van der Waals surface area (Å²) in [5.74, 6) is -0.213. The summed E-state index contributed by atoms with van der Waals surface area (Å²) in [7, 11) is 0. The summed E-state index contributed by atoms with van der Waals surface area (Å²) in [4.78, 5) is 28.8. The number of carbonyl (C=O) groups is 2. The van der Waals surface area contributed by atoms with Crippen LogP contribution in [-0.2, 0) is 11.3 Å². The average Bonchev–Trinajstić information content (AvgIpc) is 3.09. The van der Waals surface area contributed by atoms with Gasteiger partial charge in [0.25, 0.3) is 5.91 Å². The molecule has 2 heterocycles. The molecule has 2 amide bonds. The first-order chi connectivity index (χ1) is 13.1. The number of carbonyl (C=O) groups excluding carboxylic acids is 2. The normalized spacial score (nSPS) is 14.8. The van der Waals surface area contributed by atoms with Crippen molar-refractivity contribution in [2.24, 2.45) is 0 Å². The SMILES string of the molecule is CCn1ccc2cc(C(=O)N3CCN(c4cccc(Cl)c4)C(=O)C3)ccc21. The number of aryl methyl sites for hydroxylation is 1. The van der Waals surface area contributed by atoms with Crippen LogP contribution in [0.1, 0.15) is 17.3 Å². The van der Waals surface area contributed by atoms with Gasteiger partial charge in [-0.1, -0.05) is 17.7 Å². The number of hydrogen-bond donors (Lipinski definition) is 0. The fraction of sp³-hybridized carbons (Fsp3) is 0.238. The first-order valence-electron chi connectivity index (χ1n) is 9.01. The molecule has 6 heteroatoms. The lowest BCUT2D eigenvalue weighted by Gasteiger charge is -2.34. The van der Waals surface area contributed by atoms with E-state index in [0.29, 0.717) is 23.7 Å². The van der Waals surface area contributed by atoms with Gasteiger partial charge in [-0.05, 0) is 49.4 Å². The Balaban J connectivity index is 1.51. The number of amides is 2. The zero-order valence-electron chi connectivity index (χ0n) is 15.1. The number of hydrogen-bond acceptors (Lipinski definition) is 2. The second-order valence-electron chi connectivity index (χ2n) is 6.63. The molecule has 0 N–H and O–H groups in total. The van der Waals surface area contributed by atoms with Crippen LogP contribution in [0, 0.1) is 0 Å². The fourth-order valence-electron chi connectivity index (χ4n) is 3.56. The van der Waals surface area contributed by atoms with E-state index in [0.717, 1.165) is 23.1 Å². The van der Waals surface area contributed by atoms with E-state index in [9.17, 15) is 9.59 Å². The Morgan fingerprint density at radius 2 is 1.96 bits per heavy atom. The second-order valence-corrected chi connectivity index (χ2v) is 7.06. The summed E-state index contributed by atoms with van der Waals surface area (Å²) in [6.07, 6.45) is 2.02. The summed E-state index contributed by atoms with van der Waals surface area (Å²) < 4.78 is 2.14. The molecule has 138 valence electrons. The molecule has 0 radical (unpaired) electrons. The van der Waals surface area contributed by atoms with Crippen molar-refractivity contribution >= 4 is 40.0 Å². The molecular formula is C21H20ClN3O2. The molecule has 1 saturated heterocycles. The summed E-state index contributed by atoms with van der Waals surface area (Å²) in [5.41, 5.74) is 2.48. The van der Waals surface area contributed by atoms with Gasteiger partial charge in [-0.2, -0.15) is 0 Å². The van der Waals surface area contributed by atoms with Crippen molar-refractivity contribution in [2.45, 2.75) is 13.5 Å². The van der Waals surface area contributed by atoms with Gasteiger partial charge in [0.05, 0.1) is 0 Å². The molecule has 0 saturated carbocycles. The third kappa shape index (κ3) is 3.30. The van der Waals surface area contributed by atoms with Crippen LogP contribution in [0.2, 0.25) is 5.02 Å². The number of benzene rings is 2. The van der Waals surface area contributed by atoms with Crippen LogP contribution in [0.15, 0.2) is 54.7 Å². The van der Waals surface area contributed by atoms with Crippen molar-refractivity contribution in [1.29, 1.82) is 0 Å². The standard InChI is InChI=1S/C21H20ClN3O2/c1-2-23-9-8-15-12-16(6-7-19(15)23)21(27)24-10-11-25(20(26)14-24)18-5-3-4-17(22)13-18/h3-9,12-13H,2,10-11,14H2,1H3. The van der Waals surface area contributed by atoms with Crippen LogP contribution < -0.4 is 4.90 Å². The van der Waals surface area contributed by atoms with E-state index in [-0.39, 0.29) is 18.4 Å². The highest BCUT2D eigenvalue weighted by Crippen LogP contribution is 2.23. The lowest BCUT2D eigenvalue weighted by molar-refractivity contribution is -0.120. The zero-order chi connectivity index (χ0) is 19.0. The van der Waals surface area contributed by atoms with E-state index >= 15 is 0 Å². The van der Waals surface area contributed by atoms with Gasteiger partial charge < -0.3 is 14.4 Å². The Hall–Kier alpha value is -2.79. The van der Waals surface area contributed by atoms with E-state index in [1.807, 2.05) is 42.6 Å². The van der Waals surface area contributed by atoms with Crippen molar-refractivity contribution < 1.29 is 9.59 Å². The molecule has 0 atom stereocenters. The van der Waals surface area contributed by atoms with Crippen molar-refractivity contribution in [3.8, 4) is 0 Å². The molecule has 1 aliphatic rings. The van der Waals surface area contributed by atoms with Crippen molar-refractivity contribution in [3.63, 3.8) is 0 Å². The summed E-state index contributed by atoms with van der Waals surface area (Å²) in [6, 6.07) is 14.9. The van der Waals surface area contributed by atoms with Gasteiger partial charge in [0.1, 0.15) is 6.54 Å². The average molecular weight is 382 g/mol. The van der Waals surface area contributed by atoms with Crippen molar-refractivity contribution in [2.75, 3.05) is 24.5 Å². The van der Waals surface area contributed by atoms with E-state index in [1.54, 1.807) is 21.9 Å². The minimum atomic E-state index is -0.111. The van der Waals surface area contributed by atoms with Crippen LogP contribution in [0.5, 0.6) is 0 Å². The minimum absolute atomic E-state index is 0.0688. The van der Waals surface area contributed by atoms with Gasteiger partial charge >= 0.3 is 0 Å². The molecular weight excluding hydrogens is 362 g/mol. The van der Waals surface area contributed by atoms with Crippen LogP contribution in [0.3, 0.4) is 0 Å². The lowest BCUT2D eigenvalue weighted by atomic mass is 10.1. The first kappa shape index (κ1) is 17.6. The van der Waals surface area contributed by atoms with Crippen LogP contribution >= 0.6 is 11.6 Å². The maximum atomic E-state index is 12.9. The molecule has 4 rings (SSSR count). The number of halogens is 1. The predicted molar refractivity (Wildman–Crippen MR) is 107 cm³/mol. The topological polar surface area (TPSA) is 45.6 Å². The van der Waals surface area contributed by atoms with Gasteiger partial charge in [0, 0.05) is 53.0 Å². The van der Waals surface area contributed by atoms with E-state index in [1.165, 1.54) is 0 Å². The molecule has 0 aliphatic carbocycles. The number of fused-ring (bicyclic) bond motifs is 1. The highest BCUT2D eigenvalue weighted by Gasteiger charge is 2.28. The number of rotatable bonds is 3. The van der Waals surface area contributed by atoms with E-state index in [4.69, 9.17) is 11.6 Å². The minimum Gasteiger partial charge on any atom is -0.348 e. The summed E-state index contributed by atoms with van der Waals surface area (Å²) in [6.45, 7) is 3.99. The molecule has 1 aliphatic heterocycles. The molecule has 0 spiro atoms. The Morgan fingerprint density at radius 1 is 1.11 bits per heavy atom. The quantitative estimate of drug-likeness (QED) is 0.692. The van der Waals surface area contributed by atoms with Crippen LogP contribution in [0.25, 0.3) is 10.9 Å². The van der Waals surface area contributed by atoms with Crippen molar-refractivity contribution in [1.82, 2.24) is 9.47 Å². The maximum Gasteiger partial charge on any atom is 0.254 e. The maximum absolute atomic E-state index is 12.9. The van der Waals surface area contributed by atoms with Crippen molar-refractivity contribution in [3.05, 3.63) is 65.3 Å². The molecule has 1 fully saturated rings. The molecule has 5 nitrogen and oxygen atoms in total. The number of aromatic nitrogens is 1. The van der Waals surface area contributed by atoms with Gasteiger partial charge in [0.2, 0.25) is 5.91 Å². The van der Waals surface area contributed by atoms with Gasteiger partial charge in [0.15, 0.2) is 0 Å². The lowest BCUT2D eigenvalue weighted by Crippen LogP contribution is -2.52. The van der Waals surface area contributed by atoms with Crippen LogP contribution in [-0.4, -0.2) is 40.9 Å². The third-order valence-electron chi connectivity index (χ3n) is 4.99. The predicted octanol–water partition coefficient (Wildman–Crippen LogP) is 3.80. The number of anilines is 1. The van der Waals surface area contributed by atoms with Gasteiger partial charge in [-0.3, -0.25) is 9.59 Å². The summed E-state index contributed by atoms with van der Waals surface area (Å²) >= 11 is 6.03. The molecule has 27 heavy (non-hydrogen) atoms. The van der Waals surface area contributed by atoms with E-state index < -0.39 is 0 Å². The van der Waals surface area contributed by atoms with Gasteiger partial charge in [-0.15, -0.1) is 0 Å². The smallest absolute Gasteiger partial charge is 0.254 e. The molecule has 0 bridgehead atoms. The van der Waals surface area contributed by atoms with Crippen LogP contribution in [0.4, 0.5) is 5.69 Å². The van der Waals surface area contributed by atoms with Gasteiger partial charge in [-0.25, -0.2) is 0 Å².